The monoisotopic (exact) mass is 316 g/mol. The minimum atomic E-state index is -0.571. The van der Waals surface area contributed by atoms with Gasteiger partial charge >= 0.3 is 5.56 Å². The minimum absolute atomic E-state index is 0.423. The zero-order chi connectivity index (χ0) is 16.5. The molecule has 1 N–H and O–H groups in total. The third-order valence-corrected chi connectivity index (χ3v) is 4.31. The van der Waals surface area contributed by atoms with Crippen molar-refractivity contribution in [3.8, 4) is 5.69 Å². The fourth-order valence-electron chi connectivity index (χ4n) is 3.20. The Morgan fingerprint density at radius 2 is 1.54 bits per heavy atom. The van der Waals surface area contributed by atoms with E-state index in [2.05, 4.69) is 11.2 Å². The first-order valence-corrected chi connectivity index (χ1v) is 7.93. The highest BCUT2D eigenvalue weighted by atomic mass is 16.2. The SMILES string of the molecule is O=c1[nH]n(-c2ccccc2)c2c(c1=O)CC/C2=C/c1ccccc1. The van der Waals surface area contributed by atoms with Crippen molar-refractivity contribution in [1.29, 1.82) is 0 Å². The molecule has 1 heterocycles. The van der Waals surface area contributed by atoms with Crippen molar-refractivity contribution in [3.63, 3.8) is 0 Å². The first-order chi connectivity index (χ1) is 11.7. The van der Waals surface area contributed by atoms with E-state index < -0.39 is 11.0 Å². The van der Waals surface area contributed by atoms with E-state index >= 15 is 0 Å². The van der Waals surface area contributed by atoms with Crippen LogP contribution in [0.1, 0.15) is 23.2 Å². The van der Waals surface area contributed by atoms with Gasteiger partial charge in [0.25, 0.3) is 0 Å². The first-order valence-electron chi connectivity index (χ1n) is 7.93. The zero-order valence-electron chi connectivity index (χ0n) is 13.0. The van der Waals surface area contributed by atoms with Crippen LogP contribution in [0.25, 0.3) is 17.3 Å². The maximum absolute atomic E-state index is 12.3. The fraction of sp³-hybridized carbons (Fsp3) is 0.100. The third kappa shape index (κ3) is 2.42. The number of para-hydroxylation sites is 1. The van der Waals surface area contributed by atoms with Crippen LogP contribution in [0.2, 0.25) is 0 Å². The topological polar surface area (TPSA) is 54.9 Å². The predicted octanol–water partition coefficient (Wildman–Crippen LogP) is 3.01. The van der Waals surface area contributed by atoms with Crippen molar-refractivity contribution in [3.05, 3.63) is 98.1 Å². The highest BCUT2D eigenvalue weighted by Gasteiger charge is 2.24. The zero-order valence-corrected chi connectivity index (χ0v) is 13.0. The number of benzene rings is 2. The molecule has 0 unspecified atom stereocenters. The van der Waals surface area contributed by atoms with Gasteiger partial charge in [-0.25, -0.2) is 0 Å². The molecule has 2 aromatic carbocycles. The van der Waals surface area contributed by atoms with E-state index in [0.717, 1.165) is 28.9 Å². The highest BCUT2D eigenvalue weighted by Crippen LogP contribution is 2.32. The molecule has 0 saturated heterocycles. The third-order valence-electron chi connectivity index (χ3n) is 4.31. The van der Waals surface area contributed by atoms with E-state index in [4.69, 9.17) is 0 Å². The van der Waals surface area contributed by atoms with Crippen LogP contribution >= 0.6 is 0 Å². The van der Waals surface area contributed by atoms with Crippen molar-refractivity contribution in [2.45, 2.75) is 12.8 Å². The van der Waals surface area contributed by atoms with Crippen LogP contribution in [-0.4, -0.2) is 9.78 Å². The van der Waals surface area contributed by atoms with Crippen molar-refractivity contribution in [2.75, 3.05) is 0 Å². The Bertz CT molecular complexity index is 1030. The second-order valence-corrected chi connectivity index (χ2v) is 5.85. The molecule has 0 radical (unpaired) electrons. The van der Waals surface area contributed by atoms with Gasteiger partial charge < -0.3 is 0 Å². The Hall–Kier alpha value is -3.14. The molecule has 4 rings (SSSR count). The van der Waals surface area contributed by atoms with Crippen LogP contribution in [0.15, 0.2) is 70.3 Å². The Kier molecular flexibility index (Phi) is 3.50. The summed E-state index contributed by atoms with van der Waals surface area (Å²) in [7, 11) is 0. The van der Waals surface area contributed by atoms with Gasteiger partial charge in [-0.3, -0.25) is 19.4 Å². The normalized spacial score (nSPS) is 14.8. The average molecular weight is 316 g/mol. The summed E-state index contributed by atoms with van der Waals surface area (Å²) in [5.41, 5.74) is 3.41. The van der Waals surface area contributed by atoms with E-state index in [-0.39, 0.29) is 0 Å². The molecule has 0 atom stereocenters. The largest absolute Gasteiger partial charge is 0.310 e. The molecule has 3 aromatic rings. The number of hydrogen-bond acceptors (Lipinski definition) is 2. The summed E-state index contributed by atoms with van der Waals surface area (Å²) >= 11 is 0. The van der Waals surface area contributed by atoms with Gasteiger partial charge in [0.15, 0.2) is 0 Å². The van der Waals surface area contributed by atoms with Crippen LogP contribution in [0.4, 0.5) is 0 Å². The summed E-state index contributed by atoms with van der Waals surface area (Å²) in [5.74, 6) is 0. The summed E-state index contributed by atoms with van der Waals surface area (Å²) in [6, 6.07) is 19.6. The van der Waals surface area contributed by atoms with E-state index in [1.807, 2.05) is 60.7 Å². The molecule has 118 valence electrons. The van der Waals surface area contributed by atoms with Gasteiger partial charge in [0.1, 0.15) is 0 Å². The van der Waals surface area contributed by atoms with Gasteiger partial charge in [-0.2, -0.15) is 0 Å². The minimum Gasteiger partial charge on any atom is -0.283 e. The second-order valence-electron chi connectivity index (χ2n) is 5.85. The lowest BCUT2D eigenvalue weighted by Gasteiger charge is -2.13. The maximum atomic E-state index is 12.3. The lowest BCUT2D eigenvalue weighted by atomic mass is 10.1. The van der Waals surface area contributed by atoms with Crippen LogP contribution in [0.5, 0.6) is 0 Å². The van der Waals surface area contributed by atoms with E-state index in [1.54, 1.807) is 4.68 Å². The molecular formula is C20H16N2O2. The van der Waals surface area contributed by atoms with Gasteiger partial charge in [-0.1, -0.05) is 48.5 Å². The molecule has 0 saturated carbocycles. The van der Waals surface area contributed by atoms with Gasteiger partial charge in [0.2, 0.25) is 5.43 Å². The quantitative estimate of drug-likeness (QED) is 0.739. The Morgan fingerprint density at radius 3 is 2.25 bits per heavy atom. The molecule has 0 bridgehead atoms. The Balaban J connectivity index is 1.97. The average Bonchev–Trinajstić information content (AvgIpc) is 3.04. The predicted molar refractivity (Wildman–Crippen MR) is 95.3 cm³/mol. The van der Waals surface area contributed by atoms with Crippen LogP contribution in [0, 0.1) is 0 Å². The molecule has 1 aromatic heterocycles. The van der Waals surface area contributed by atoms with Crippen molar-refractivity contribution >= 4 is 11.6 Å². The van der Waals surface area contributed by atoms with Gasteiger partial charge in [-0.15, -0.1) is 0 Å². The lowest BCUT2D eigenvalue weighted by molar-refractivity contribution is 0.791. The van der Waals surface area contributed by atoms with Gasteiger partial charge in [-0.05, 0) is 42.2 Å². The van der Waals surface area contributed by atoms with Gasteiger partial charge in [0, 0.05) is 5.56 Å². The molecule has 0 fully saturated rings. The van der Waals surface area contributed by atoms with Crippen LogP contribution in [-0.2, 0) is 6.42 Å². The second kappa shape index (κ2) is 5.81. The summed E-state index contributed by atoms with van der Waals surface area (Å²) in [6.45, 7) is 0. The highest BCUT2D eigenvalue weighted by molar-refractivity contribution is 5.84. The summed E-state index contributed by atoms with van der Waals surface area (Å²) < 4.78 is 1.74. The van der Waals surface area contributed by atoms with E-state index in [9.17, 15) is 9.59 Å². The van der Waals surface area contributed by atoms with Crippen LogP contribution in [0.3, 0.4) is 0 Å². The Labute approximate surface area is 138 Å². The number of hydrogen-bond donors (Lipinski definition) is 1. The number of allylic oxidation sites excluding steroid dienone is 1. The molecule has 0 aliphatic heterocycles. The summed E-state index contributed by atoms with van der Waals surface area (Å²) in [4.78, 5) is 24.3. The number of fused-ring (bicyclic) bond motifs is 1. The molecule has 0 amide bonds. The van der Waals surface area contributed by atoms with Crippen LogP contribution < -0.4 is 11.0 Å². The summed E-state index contributed by atoms with van der Waals surface area (Å²) in [6.07, 6.45) is 3.44. The number of aromatic nitrogens is 2. The molecule has 24 heavy (non-hydrogen) atoms. The van der Waals surface area contributed by atoms with E-state index in [1.165, 1.54) is 0 Å². The number of aromatic amines is 1. The first kappa shape index (κ1) is 14.5. The molecule has 4 heteroatoms. The number of nitrogens with zero attached hydrogens (tertiary/aromatic N) is 1. The number of H-pyrrole nitrogens is 1. The molecule has 0 spiro atoms. The lowest BCUT2D eigenvalue weighted by Crippen LogP contribution is -2.34. The maximum Gasteiger partial charge on any atom is 0.310 e. The summed E-state index contributed by atoms with van der Waals surface area (Å²) in [5, 5.41) is 2.72. The van der Waals surface area contributed by atoms with Crippen molar-refractivity contribution in [1.82, 2.24) is 9.78 Å². The van der Waals surface area contributed by atoms with Crippen molar-refractivity contribution in [2.24, 2.45) is 0 Å². The van der Waals surface area contributed by atoms with Crippen molar-refractivity contribution < 1.29 is 0 Å². The fourth-order valence-corrected chi connectivity index (χ4v) is 3.20. The molecular weight excluding hydrogens is 300 g/mol. The van der Waals surface area contributed by atoms with Gasteiger partial charge in [0.05, 0.1) is 11.4 Å². The molecule has 1 aliphatic rings. The standard InChI is InChI=1S/C20H16N2O2/c23-19-17-12-11-15(13-14-7-3-1-4-8-14)18(17)22(21-20(19)24)16-9-5-2-6-10-16/h1-10,13H,11-12H2,(H,21,24)/b15-13-. The van der Waals surface area contributed by atoms with E-state index in [0.29, 0.717) is 12.0 Å². The smallest absolute Gasteiger partial charge is 0.283 e. The number of rotatable bonds is 2. The molecule has 4 nitrogen and oxygen atoms in total. The number of nitrogens with one attached hydrogen (secondary N) is 1. The Morgan fingerprint density at radius 1 is 0.875 bits per heavy atom. The molecule has 1 aliphatic carbocycles.